The molecular formula is C35H71NO. The molecule has 2 heteroatoms. The van der Waals surface area contributed by atoms with Gasteiger partial charge < -0.3 is 0 Å². The van der Waals surface area contributed by atoms with Gasteiger partial charge in [0, 0.05) is 0 Å². The van der Waals surface area contributed by atoms with Crippen LogP contribution in [0.5, 0.6) is 0 Å². The molecule has 0 spiro atoms. The van der Waals surface area contributed by atoms with Gasteiger partial charge in [-0.1, -0.05) is 218 Å². The summed E-state index contributed by atoms with van der Waals surface area (Å²) >= 11 is 0. The Bertz CT molecular complexity index is 397. The predicted molar refractivity (Wildman–Crippen MR) is 169 cm³/mol. The zero-order valence-electron chi connectivity index (χ0n) is 25.9. The standard InChI is InChI=1S/C35H71NO/c1-2-3-4-5-6-7-8-9-10-11-12-13-14-15-16-17-18-19-20-21-22-23-24-25-26-27-28-29-30-31-32-33-34-35-36-37/h2-35H2,1H3. The third kappa shape index (κ3) is 35.6. The zero-order chi connectivity index (χ0) is 26.7. The van der Waals surface area contributed by atoms with Crippen molar-refractivity contribution in [2.75, 3.05) is 6.54 Å². The second-order valence-electron chi connectivity index (χ2n) is 12.2. The van der Waals surface area contributed by atoms with Gasteiger partial charge in [0.25, 0.3) is 0 Å². The summed E-state index contributed by atoms with van der Waals surface area (Å²) in [6.07, 6.45) is 47.2. The second-order valence-corrected chi connectivity index (χ2v) is 12.2. The molecule has 2 nitrogen and oxygen atoms in total. The van der Waals surface area contributed by atoms with Crippen molar-refractivity contribution < 1.29 is 0 Å². The highest BCUT2D eigenvalue weighted by Gasteiger charge is 1.97. The maximum atomic E-state index is 10.0. The Kier molecular flexibility index (Phi) is 35.2. The summed E-state index contributed by atoms with van der Waals surface area (Å²) in [5, 5.41) is 2.93. The fraction of sp³-hybridized carbons (Fsp3) is 1.00. The van der Waals surface area contributed by atoms with Crippen LogP contribution in [0.4, 0.5) is 0 Å². The number of nitroso groups, excluding NO2 is 1. The Balaban J connectivity index is 3.01. The third-order valence-electron chi connectivity index (χ3n) is 8.35. The number of rotatable bonds is 34. The SMILES string of the molecule is CCCCCCCCCCCCCCCCCCCCCCCCCCCCCCCCCCCN=O. The number of hydrogen-bond acceptors (Lipinski definition) is 2. The lowest BCUT2D eigenvalue weighted by molar-refractivity contribution is 0.511. The van der Waals surface area contributed by atoms with Crippen LogP contribution in [0.25, 0.3) is 0 Å². The van der Waals surface area contributed by atoms with Gasteiger partial charge in [-0.15, -0.1) is 0 Å². The van der Waals surface area contributed by atoms with Gasteiger partial charge in [0.1, 0.15) is 0 Å². The van der Waals surface area contributed by atoms with Gasteiger partial charge in [-0.25, -0.2) is 0 Å². The highest BCUT2D eigenvalue weighted by molar-refractivity contribution is 4.53. The minimum Gasteiger partial charge on any atom is -0.151 e. The third-order valence-corrected chi connectivity index (χ3v) is 8.35. The van der Waals surface area contributed by atoms with Crippen molar-refractivity contribution in [2.45, 2.75) is 219 Å². The van der Waals surface area contributed by atoms with Crippen molar-refractivity contribution >= 4 is 0 Å². The monoisotopic (exact) mass is 522 g/mol. The highest BCUT2D eigenvalue weighted by Crippen LogP contribution is 2.16. The van der Waals surface area contributed by atoms with Crippen LogP contribution in [-0.4, -0.2) is 6.54 Å². The smallest absolute Gasteiger partial charge is 0.0811 e. The van der Waals surface area contributed by atoms with Crippen molar-refractivity contribution in [3.05, 3.63) is 4.91 Å². The molecule has 0 aliphatic carbocycles. The molecule has 0 unspecified atom stereocenters. The molecule has 0 saturated carbocycles. The van der Waals surface area contributed by atoms with Gasteiger partial charge in [0.15, 0.2) is 0 Å². The maximum absolute atomic E-state index is 10.0. The molecule has 0 aromatic rings. The molecule has 0 heterocycles. The van der Waals surface area contributed by atoms with E-state index in [4.69, 9.17) is 0 Å². The summed E-state index contributed by atoms with van der Waals surface area (Å²) in [5.41, 5.74) is 0. The molecule has 0 N–H and O–H groups in total. The molecule has 0 aromatic heterocycles. The van der Waals surface area contributed by atoms with Crippen LogP contribution in [-0.2, 0) is 0 Å². The fourth-order valence-corrected chi connectivity index (χ4v) is 5.73. The largest absolute Gasteiger partial charge is 0.151 e. The summed E-state index contributed by atoms with van der Waals surface area (Å²) in [4.78, 5) is 10.0. The van der Waals surface area contributed by atoms with Crippen molar-refractivity contribution in [1.29, 1.82) is 0 Å². The van der Waals surface area contributed by atoms with Crippen LogP contribution in [0.15, 0.2) is 5.18 Å². The molecule has 0 atom stereocenters. The van der Waals surface area contributed by atoms with E-state index in [9.17, 15) is 4.91 Å². The van der Waals surface area contributed by atoms with Crippen LogP contribution in [0.1, 0.15) is 219 Å². The van der Waals surface area contributed by atoms with Crippen molar-refractivity contribution in [2.24, 2.45) is 5.18 Å². The minimum absolute atomic E-state index is 0.513. The van der Waals surface area contributed by atoms with Gasteiger partial charge >= 0.3 is 0 Å². The fourth-order valence-electron chi connectivity index (χ4n) is 5.73. The van der Waals surface area contributed by atoms with E-state index >= 15 is 0 Å². The lowest BCUT2D eigenvalue weighted by Gasteiger charge is -2.04. The minimum atomic E-state index is 0.513. The first-order valence-corrected chi connectivity index (χ1v) is 17.7. The summed E-state index contributed by atoms with van der Waals surface area (Å²) in [6.45, 7) is 2.82. The average molecular weight is 522 g/mol. The number of hydrogen-bond donors (Lipinski definition) is 0. The lowest BCUT2D eigenvalue weighted by Crippen LogP contribution is -1.85. The Morgan fingerprint density at radius 2 is 0.432 bits per heavy atom. The molecule has 0 fully saturated rings. The lowest BCUT2D eigenvalue weighted by atomic mass is 10.0. The van der Waals surface area contributed by atoms with Crippen LogP contribution in [0, 0.1) is 4.91 Å². The molecule has 0 radical (unpaired) electrons. The Labute approximate surface area is 235 Å². The van der Waals surface area contributed by atoms with Crippen molar-refractivity contribution in [3.63, 3.8) is 0 Å². The summed E-state index contributed by atoms with van der Waals surface area (Å²) in [7, 11) is 0. The average Bonchev–Trinajstić information content (AvgIpc) is 2.91. The van der Waals surface area contributed by atoms with E-state index in [0.29, 0.717) is 6.54 Å². The molecule has 0 saturated heterocycles. The predicted octanol–water partition coefficient (Wildman–Crippen LogP) is 13.6. The van der Waals surface area contributed by atoms with Crippen LogP contribution in [0.3, 0.4) is 0 Å². The molecule has 37 heavy (non-hydrogen) atoms. The number of unbranched alkanes of at least 4 members (excludes halogenated alkanes) is 32. The van der Waals surface area contributed by atoms with E-state index in [1.54, 1.807) is 0 Å². The van der Waals surface area contributed by atoms with Gasteiger partial charge in [-0.2, -0.15) is 4.91 Å². The number of nitrogens with zero attached hydrogens (tertiary/aromatic N) is 1. The van der Waals surface area contributed by atoms with E-state index in [0.717, 1.165) is 6.42 Å². The first-order valence-electron chi connectivity index (χ1n) is 17.7. The van der Waals surface area contributed by atoms with Gasteiger partial charge in [0.05, 0.1) is 6.54 Å². The quantitative estimate of drug-likeness (QED) is 0.0611. The zero-order valence-corrected chi connectivity index (χ0v) is 25.9. The molecule has 0 aliphatic rings. The second kappa shape index (κ2) is 35.6. The molecule has 0 amide bonds. The van der Waals surface area contributed by atoms with E-state index in [-0.39, 0.29) is 0 Å². The van der Waals surface area contributed by atoms with Crippen molar-refractivity contribution in [3.8, 4) is 0 Å². The van der Waals surface area contributed by atoms with Crippen molar-refractivity contribution in [1.82, 2.24) is 0 Å². The van der Waals surface area contributed by atoms with Gasteiger partial charge in [0.2, 0.25) is 0 Å². The van der Waals surface area contributed by atoms with Gasteiger partial charge in [-0.3, -0.25) is 0 Å². The molecular weight excluding hydrogens is 450 g/mol. The Hall–Kier alpha value is -0.400. The topological polar surface area (TPSA) is 29.4 Å². The maximum Gasteiger partial charge on any atom is 0.0811 e. The Morgan fingerprint density at radius 1 is 0.270 bits per heavy atom. The van der Waals surface area contributed by atoms with Crippen LogP contribution in [0.2, 0.25) is 0 Å². The molecule has 0 bridgehead atoms. The molecule has 222 valence electrons. The van der Waals surface area contributed by atoms with E-state index in [1.165, 1.54) is 205 Å². The van der Waals surface area contributed by atoms with E-state index in [1.807, 2.05) is 0 Å². The highest BCUT2D eigenvalue weighted by atomic mass is 16.3. The normalized spacial score (nSPS) is 11.4. The van der Waals surface area contributed by atoms with E-state index < -0.39 is 0 Å². The van der Waals surface area contributed by atoms with Gasteiger partial charge in [-0.05, 0) is 6.42 Å². The Morgan fingerprint density at radius 3 is 0.595 bits per heavy atom. The van der Waals surface area contributed by atoms with Crippen LogP contribution >= 0.6 is 0 Å². The summed E-state index contributed by atoms with van der Waals surface area (Å²) < 4.78 is 0. The molecule has 0 rings (SSSR count). The summed E-state index contributed by atoms with van der Waals surface area (Å²) in [6, 6.07) is 0. The molecule has 0 aliphatic heterocycles. The first kappa shape index (κ1) is 36.6. The van der Waals surface area contributed by atoms with Crippen LogP contribution < -0.4 is 0 Å². The molecule has 0 aromatic carbocycles. The first-order chi connectivity index (χ1) is 18.4. The van der Waals surface area contributed by atoms with E-state index in [2.05, 4.69) is 12.1 Å². The summed E-state index contributed by atoms with van der Waals surface area (Å²) in [5.74, 6) is 0.